The van der Waals surface area contributed by atoms with Crippen LogP contribution in [0.25, 0.3) is 11.0 Å². The van der Waals surface area contributed by atoms with Crippen molar-refractivity contribution in [1.29, 1.82) is 0 Å². The molecular weight excluding hydrogens is 244 g/mol. The van der Waals surface area contributed by atoms with Crippen LogP contribution in [0.3, 0.4) is 0 Å². The molecule has 1 aromatic carbocycles. The first kappa shape index (κ1) is 12.6. The molecule has 0 aliphatic carbocycles. The van der Waals surface area contributed by atoms with Crippen molar-refractivity contribution in [3.05, 3.63) is 48.7 Å². The molecule has 1 aromatic heterocycles. The minimum absolute atomic E-state index is 0.0298. The van der Waals surface area contributed by atoms with Crippen LogP contribution >= 0.6 is 12.2 Å². The topological polar surface area (TPSA) is 37.2 Å². The Morgan fingerprint density at radius 2 is 2.28 bits per heavy atom. The first-order valence-corrected chi connectivity index (χ1v) is 6.25. The molecule has 2 N–H and O–H groups in total. The molecule has 0 saturated heterocycles. The lowest BCUT2D eigenvalue weighted by Gasteiger charge is -2.14. The molecule has 94 valence electrons. The van der Waals surface area contributed by atoms with E-state index in [1.54, 1.807) is 6.08 Å². The molecular formula is C14H16N2OS. The number of benzene rings is 1. The van der Waals surface area contributed by atoms with Crippen LogP contribution in [0.15, 0.2) is 47.4 Å². The molecule has 18 heavy (non-hydrogen) atoms. The van der Waals surface area contributed by atoms with Crippen molar-refractivity contribution in [1.82, 2.24) is 10.6 Å². The third kappa shape index (κ3) is 2.90. The Labute approximate surface area is 112 Å². The van der Waals surface area contributed by atoms with Gasteiger partial charge in [0.15, 0.2) is 5.11 Å². The van der Waals surface area contributed by atoms with Crippen molar-refractivity contribution < 1.29 is 4.42 Å². The number of thiocarbonyl (C=S) groups is 1. The fraction of sp³-hybridized carbons (Fsp3) is 0.214. The van der Waals surface area contributed by atoms with Gasteiger partial charge in [-0.25, -0.2) is 0 Å². The summed E-state index contributed by atoms with van der Waals surface area (Å²) in [6.45, 7) is 6.30. The largest absolute Gasteiger partial charge is 0.459 e. The second-order valence-corrected chi connectivity index (χ2v) is 4.46. The molecule has 0 bridgehead atoms. The van der Waals surface area contributed by atoms with E-state index in [4.69, 9.17) is 16.6 Å². The van der Waals surface area contributed by atoms with Crippen molar-refractivity contribution >= 4 is 28.3 Å². The number of nitrogens with one attached hydrogen (secondary N) is 2. The van der Waals surface area contributed by atoms with Crippen LogP contribution in [-0.4, -0.2) is 11.7 Å². The molecule has 0 unspecified atom stereocenters. The molecule has 2 aromatic rings. The maximum Gasteiger partial charge on any atom is 0.167 e. The summed E-state index contributed by atoms with van der Waals surface area (Å²) in [6, 6.07) is 10.0. The Bertz CT molecular complexity index is 529. The number of furan rings is 1. The summed E-state index contributed by atoms with van der Waals surface area (Å²) in [6.07, 6.45) is 1.76. The Morgan fingerprint density at radius 3 is 3.00 bits per heavy atom. The average molecular weight is 260 g/mol. The molecule has 0 aliphatic rings. The normalized spacial score (nSPS) is 12.1. The van der Waals surface area contributed by atoms with Gasteiger partial charge in [-0.2, -0.15) is 0 Å². The minimum Gasteiger partial charge on any atom is -0.459 e. The molecule has 1 heterocycles. The van der Waals surface area contributed by atoms with Gasteiger partial charge in [-0.3, -0.25) is 0 Å². The van der Waals surface area contributed by atoms with E-state index in [1.807, 2.05) is 37.3 Å². The second-order valence-electron chi connectivity index (χ2n) is 4.05. The zero-order valence-corrected chi connectivity index (χ0v) is 11.1. The number of rotatable bonds is 4. The van der Waals surface area contributed by atoms with Gasteiger partial charge in [0.2, 0.25) is 0 Å². The molecule has 0 aliphatic heterocycles. The summed E-state index contributed by atoms with van der Waals surface area (Å²) < 4.78 is 5.77. The highest BCUT2D eigenvalue weighted by atomic mass is 32.1. The average Bonchev–Trinajstić information content (AvgIpc) is 2.80. The van der Waals surface area contributed by atoms with E-state index in [0.717, 1.165) is 16.7 Å². The lowest BCUT2D eigenvalue weighted by molar-refractivity contribution is 0.491. The summed E-state index contributed by atoms with van der Waals surface area (Å²) in [4.78, 5) is 0. The van der Waals surface area contributed by atoms with Crippen LogP contribution in [0.1, 0.15) is 18.7 Å². The fourth-order valence-electron chi connectivity index (χ4n) is 1.70. The Kier molecular flexibility index (Phi) is 3.99. The van der Waals surface area contributed by atoms with Gasteiger partial charge in [-0.1, -0.05) is 24.3 Å². The van der Waals surface area contributed by atoms with Gasteiger partial charge in [0.1, 0.15) is 11.3 Å². The number of para-hydroxylation sites is 1. The smallest absolute Gasteiger partial charge is 0.167 e. The Morgan fingerprint density at radius 1 is 1.50 bits per heavy atom. The number of fused-ring (bicyclic) bond motifs is 1. The summed E-state index contributed by atoms with van der Waals surface area (Å²) in [5, 5.41) is 7.90. The molecule has 4 heteroatoms. The zero-order valence-electron chi connectivity index (χ0n) is 10.3. The SMILES string of the molecule is C=CCNC(=S)N[C@@H](C)c1cc2ccccc2o1. The maximum absolute atomic E-state index is 5.77. The van der Waals surface area contributed by atoms with Crippen molar-refractivity contribution in [2.24, 2.45) is 0 Å². The maximum atomic E-state index is 5.77. The van der Waals surface area contributed by atoms with Crippen molar-refractivity contribution in [3.8, 4) is 0 Å². The van der Waals surface area contributed by atoms with Gasteiger partial charge in [0, 0.05) is 11.9 Å². The Hall–Kier alpha value is -1.81. The van der Waals surface area contributed by atoms with Gasteiger partial charge in [0.05, 0.1) is 6.04 Å². The van der Waals surface area contributed by atoms with E-state index >= 15 is 0 Å². The zero-order chi connectivity index (χ0) is 13.0. The molecule has 3 nitrogen and oxygen atoms in total. The van der Waals surface area contributed by atoms with Crippen LogP contribution in [0.2, 0.25) is 0 Å². The third-order valence-corrected chi connectivity index (χ3v) is 2.89. The molecule has 1 atom stereocenters. The van der Waals surface area contributed by atoms with Crippen LogP contribution < -0.4 is 10.6 Å². The molecule has 0 amide bonds. The monoisotopic (exact) mass is 260 g/mol. The first-order valence-electron chi connectivity index (χ1n) is 5.84. The molecule has 0 radical (unpaired) electrons. The van der Waals surface area contributed by atoms with E-state index in [2.05, 4.69) is 17.2 Å². The summed E-state index contributed by atoms with van der Waals surface area (Å²) >= 11 is 5.16. The van der Waals surface area contributed by atoms with E-state index < -0.39 is 0 Å². The highest BCUT2D eigenvalue weighted by Gasteiger charge is 2.11. The van der Waals surface area contributed by atoms with Gasteiger partial charge in [0.25, 0.3) is 0 Å². The first-order chi connectivity index (χ1) is 8.70. The highest BCUT2D eigenvalue weighted by molar-refractivity contribution is 7.80. The van der Waals surface area contributed by atoms with E-state index in [0.29, 0.717) is 11.7 Å². The van der Waals surface area contributed by atoms with E-state index in [9.17, 15) is 0 Å². The molecule has 0 spiro atoms. The van der Waals surface area contributed by atoms with Crippen molar-refractivity contribution in [2.75, 3.05) is 6.54 Å². The summed E-state index contributed by atoms with van der Waals surface area (Å²) in [7, 11) is 0. The highest BCUT2D eigenvalue weighted by Crippen LogP contribution is 2.23. The standard InChI is InChI=1S/C14H16N2OS/c1-3-8-15-14(18)16-10(2)13-9-11-6-4-5-7-12(11)17-13/h3-7,9-10H,1,8H2,2H3,(H2,15,16,18)/t10-/m0/s1. The van der Waals surface area contributed by atoms with Crippen LogP contribution in [0, 0.1) is 0 Å². The Balaban J connectivity index is 2.06. The third-order valence-electron chi connectivity index (χ3n) is 2.63. The van der Waals surface area contributed by atoms with Crippen molar-refractivity contribution in [3.63, 3.8) is 0 Å². The summed E-state index contributed by atoms with van der Waals surface area (Å²) in [5.74, 6) is 0.874. The van der Waals surface area contributed by atoms with E-state index in [1.165, 1.54) is 0 Å². The van der Waals surface area contributed by atoms with Gasteiger partial charge < -0.3 is 15.1 Å². The van der Waals surface area contributed by atoms with Crippen molar-refractivity contribution in [2.45, 2.75) is 13.0 Å². The predicted octanol–water partition coefficient (Wildman–Crippen LogP) is 3.14. The molecule has 0 saturated carbocycles. The van der Waals surface area contributed by atoms with Gasteiger partial charge >= 0.3 is 0 Å². The van der Waals surface area contributed by atoms with Gasteiger partial charge in [-0.05, 0) is 31.3 Å². The number of hydrogen-bond acceptors (Lipinski definition) is 2. The number of hydrogen-bond donors (Lipinski definition) is 2. The lowest BCUT2D eigenvalue weighted by atomic mass is 10.2. The van der Waals surface area contributed by atoms with E-state index in [-0.39, 0.29) is 6.04 Å². The second kappa shape index (κ2) is 5.69. The fourth-order valence-corrected chi connectivity index (χ4v) is 1.96. The summed E-state index contributed by atoms with van der Waals surface area (Å²) in [5.41, 5.74) is 0.895. The van der Waals surface area contributed by atoms with Crippen LogP contribution in [0.5, 0.6) is 0 Å². The molecule has 0 fully saturated rings. The quantitative estimate of drug-likeness (QED) is 0.654. The molecule has 2 rings (SSSR count). The van der Waals surface area contributed by atoms with Gasteiger partial charge in [-0.15, -0.1) is 6.58 Å². The van der Waals surface area contributed by atoms with Crippen LogP contribution in [0.4, 0.5) is 0 Å². The minimum atomic E-state index is 0.0298. The lowest BCUT2D eigenvalue weighted by Crippen LogP contribution is -2.36. The predicted molar refractivity (Wildman–Crippen MR) is 78.6 cm³/mol. The van der Waals surface area contributed by atoms with Crippen LogP contribution in [-0.2, 0) is 0 Å².